The first-order valence-corrected chi connectivity index (χ1v) is 5.41. The van der Waals surface area contributed by atoms with Crippen LogP contribution in [0.1, 0.15) is 12.6 Å². The molecule has 4 heteroatoms. The zero-order valence-corrected chi connectivity index (χ0v) is 9.28. The van der Waals surface area contributed by atoms with Crippen molar-refractivity contribution in [2.24, 2.45) is 0 Å². The van der Waals surface area contributed by atoms with Crippen LogP contribution in [-0.4, -0.2) is 14.8 Å². The second-order valence-corrected chi connectivity index (χ2v) is 3.48. The molecule has 0 unspecified atom stereocenters. The van der Waals surface area contributed by atoms with Gasteiger partial charge in [0.25, 0.3) is 0 Å². The van der Waals surface area contributed by atoms with Gasteiger partial charge in [-0.15, -0.1) is 11.6 Å². The molecule has 0 saturated carbocycles. The smallest absolute Gasteiger partial charge is 0.0941 e. The predicted molar refractivity (Wildman–Crippen MR) is 60.7 cm³/mol. The predicted octanol–water partition coefficient (Wildman–Crippen LogP) is 2.70. The first-order valence-electron chi connectivity index (χ1n) is 4.88. The van der Waals surface area contributed by atoms with E-state index in [0.29, 0.717) is 5.88 Å². The lowest BCUT2D eigenvalue weighted by atomic mass is 10.2. The first-order chi connectivity index (χ1) is 7.35. The van der Waals surface area contributed by atoms with Gasteiger partial charge < -0.3 is 0 Å². The van der Waals surface area contributed by atoms with Crippen LogP contribution in [0.15, 0.2) is 30.6 Å². The van der Waals surface area contributed by atoms with E-state index in [4.69, 9.17) is 11.6 Å². The van der Waals surface area contributed by atoms with E-state index >= 15 is 0 Å². The molecule has 0 aliphatic rings. The zero-order valence-electron chi connectivity index (χ0n) is 8.52. The van der Waals surface area contributed by atoms with Crippen molar-refractivity contribution in [3.05, 3.63) is 36.3 Å². The summed E-state index contributed by atoms with van der Waals surface area (Å²) in [5, 5.41) is 4.46. The molecule has 0 fully saturated rings. The van der Waals surface area contributed by atoms with Crippen LogP contribution in [0.2, 0.25) is 0 Å². The van der Waals surface area contributed by atoms with Gasteiger partial charge in [-0.1, -0.05) is 0 Å². The number of rotatable bonds is 3. The molecule has 15 heavy (non-hydrogen) atoms. The van der Waals surface area contributed by atoms with Crippen LogP contribution in [0.3, 0.4) is 0 Å². The fraction of sp³-hybridized carbons (Fsp3) is 0.273. The van der Waals surface area contributed by atoms with Gasteiger partial charge in [0.15, 0.2) is 0 Å². The minimum atomic E-state index is 0.487. The van der Waals surface area contributed by atoms with Crippen LogP contribution in [0.4, 0.5) is 0 Å². The Hall–Kier alpha value is -1.35. The third kappa shape index (κ3) is 2.02. The molecule has 78 valence electrons. The van der Waals surface area contributed by atoms with Crippen molar-refractivity contribution >= 4 is 11.6 Å². The van der Waals surface area contributed by atoms with Crippen molar-refractivity contribution in [1.82, 2.24) is 14.8 Å². The fourth-order valence-electron chi connectivity index (χ4n) is 1.49. The molecule has 0 amide bonds. The second kappa shape index (κ2) is 4.45. The summed E-state index contributed by atoms with van der Waals surface area (Å²) in [5.74, 6) is 0.487. The highest BCUT2D eigenvalue weighted by Gasteiger charge is 2.07. The van der Waals surface area contributed by atoms with Crippen LogP contribution in [-0.2, 0) is 12.4 Å². The molecule has 0 aromatic carbocycles. The van der Waals surface area contributed by atoms with Crippen molar-refractivity contribution < 1.29 is 0 Å². The molecule has 0 radical (unpaired) electrons. The molecular weight excluding hydrogens is 210 g/mol. The van der Waals surface area contributed by atoms with Crippen LogP contribution >= 0.6 is 11.6 Å². The lowest BCUT2D eigenvalue weighted by Gasteiger charge is -1.98. The number of aromatic nitrogens is 3. The Morgan fingerprint density at radius 3 is 2.87 bits per heavy atom. The van der Waals surface area contributed by atoms with Gasteiger partial charge >= 0.3 is 0 Å². The van der Waals surface area contributed by atoms with Gasteiger partial charge in [0, 0.05) is 24.5 Å². The Bertz CT molecular complexity index is 415. The van der Waals surface area contributed by atoms with E-state index in [2.05, 4.69) is 17.0 Å². The summed E-state index contributed by atoms with van der Waals surface area (Å²) in [6, 6.07) is 5.90. The highest BCUT2D eigenvalue weighted by Crippen LogP contribution is 2.18. The molecule has 0 bridgehead atoms. The molecule has 0 atom stereocenters. The van der Waals surface area contributed by atoms with Gasteiger partial charge in [-0.25, -0.2) is 0 Å². The average molecular weight is 222 g/mol. The Morgan fingerprint density at radius 1 is 1.47 bits per heavy atom. The number of aryl methyl sites for hydroxylation is 1. The second-order valence-electron chi connectivity index (χ2n) is 3.21. The first kappa shape index (κ1) is 10.2. The molecule has 0 aliphatic carbocycles. The number of nitrogens with zero attached hydrogens (tertiary/aromatic N) is 3. The van der Waals surface area contributed by atoms with E-state index in [1.165, 1.54) is 0 Å². The van der Waals surface area contributed by atoms with Crippen LogP contribution in [0, 0.1) is 0 Å². The third-order valence-corrected chi connectivity index (χ3v) is 2.53. The van der Waals surface area contributed by atoms with Crippen molar-refractivity contribution in [3.8, 4) is 11.3 Å². The van der Waals surface area contributed by atoms with Crippen molar-refractivity contribution in [2.75, 3.05) is 0 Å². The lowest BCUT2D eigenvalue weighted by molar-refractivity contribution is 0.638. The third-order valence-electron chi connectivity index (χ3n) is 2.26. The van der Waals surface area contributed by atoms with Gasteiger partial charge in [0.1, 0.15) is 0 Å². The fourth-order valence-corrected chi connectivity index (χ4v) is 1.71. The Kier molecular flexibility index (Phi) is 3.02. The van der Waals surface area contributed by atoms with Crippen LogP contribution < -0.4 is 0 Å². The molecule has 2 aromatic rings. The Balaban J connectivity index is 2.42. The maximum atomic E-state index is 5.84. The standard InChI is InChI=1S/C11H12ClN3/c1-2-15-10(7-12)6-11(14-15)9-4-3-5-13-8-9/h3-6,8H,2,7H2,1H3. The largest absolute Gasteiger partial charge is 0.268 e. The highest BCUT2D eigenvalue weighted by atomic mass is 35.5. The van der Waals surface area contributed by atoms with E-state index < -0.39 is 0 Å². The van der Waals surface area contributed by atoms with E-state index in [1.54, 1.807) is 12.4 Å². The monoisotopic (exact) mass is 221 g/mol. The van der Waals surface area contributed by atoms with Crippen molar-refractivity contribution in [3.63, 3.8) is 0 Å². The van der Waals surface area contributed by atoms with E-state index in [0.717, 1.165) is 23.5 Å². The van der Waals surface area contributed by atoms with E-state index in [9.17, 15) is 0 Å². The molecule has 0 saturated heterocycles. The van der Waals surface area contributed by atoms with E-state index in [-0.39, 0.29) is 0 Å². The summed E-state index contributed by atoms with van der Waals surface area (Å²) < 4.78 is 1.91. The van der Waals surface area contributed by atoms with E-state index in [1.807, 2.05) is 22.9 Å². The van der Waals surface area contributed by atoms with Crippen molar-refractivity contribution in [2.45, 2.75) is 19.3 Å². The van der Waals surface area contributed by atoms with Crippen LogP contribution in [0.25, 0.3) is 11.3 Å². The minimum absolute atomic E-state index is 0.487. The number of halogens is 1. The normalized spacial score (nSPS) is 10.5. The summed E-state index contributed by atoms with van der Waals surface area (Å²) in [6.45, 7) is 2.89. The molecule has 2 heterocycles. The van der Waals surface area contributed by atoms with Gasteiger partial charge in [-0.05, 0) is 25.1 Å². The van der Waals surface area contributed by atoms with Gasteiger partial charge in [-0.3, -0.25) is 9.67 Å². The summed E-state index contributed by atoms with van der Waals surface area (Å²) in [7, 11) is 0. The topological polar surface area (TPSA) is 30.7 Å². The maximum Gasteiger partial charge on any atom is 0.0941 e. The minimum Gasteiger partial charge on any atom is -0.268 e. The van der Waals surface area contributed by atoms with Crippen molar-refractivity contribution in [1.29, 1.82) is 0 Å². The number of hydrogen-bond donors (Lipinski definition) is 0. The zero-order chi connectivity index (χ0) is 10.7. The quantitative estimate of drug-likeness (QED) is 0.747. The summed E-state index contributed by atoms with van der Waals surface area (Å²) in [6.07, 6.45) is 3.56. The molecule has 2 aromatic heterocycles. The number of pyridine rings is 1. The average Bonchev–Trinajstić information content (AvgIpc) is 2.73. The summed E-state index contributed by atoms with van der Waals surface area (Å²) in [5.41, 5.74) is 3.00. The SMILES string of the molecule is CCn1nc(-c2cccnc2)cc1CCl. The molecule has 3 nitrogen and oxygen atoms in total. The Morgan fingerprint density at radius 2 is 2.33 bits per heavy atom. The van der Waals surface area contributed by atoms with Gasteiger partial charge in [0.05, 0.1) is 17.3 Å². The number of alkyl halides is 1. The highest BCUT2D eigenvalue weighted by molar-refractivity contribution is 6.16. The lowest BCUT2D eigenvalue weighted by Crippen LogP contribution is -2.00. The molecule has 0 aliphatic heterocycles. The molecule has 2 rings (SSSR count). The summed E-state index contributed by atoms with van der Waals surface area (Å²) in [4.78, 5) is 4.07. The van der Waals surface area contributed by atoms with Crippen LogP contribution in [0.5, 0.6) is 0 Å². The molecular formula is C11H12ClN3. The molecule has 0 N–H and O–H groups in total. The molecule has 0 spiro atoms. The number of hydrogen-bond acceptors (Lipinski definition) is 2. The maximum absolute atomic E-state index is 5.84. The summed E-state index contributed by atoms with van der Waals surface area (Å²) >= 11 is 5.84. The van der Waals surface area contributed by atoms with Gasteiger partial charge in [-0.2, -0.15) is 5.10 Å². The Labute approximate surface area is 93.7 Å². The van der Waals surface area contributed by atoms with Gasteiger partial charge in [0.2, 0.25) is 0 Å².